The molecule has 2 rings (SSSR count). The molecule has 0 aromatic carbocycles. The van der Waals surface area contributed by atoms with E-state index in [1.165, 1.54) is 25.7 Å². The molecule has 0 saturated heterocycles. The van der Waals surface area contributed by atoms with E-state index in [-0.39, 0.29) is 24.8 Å². The van der Waals surface area contributed by atoms with Crippen molar-refractivity contribution in [2.24, 2.45) is 11.8 Å². The molecular formula is C22H40Cl2SiTi. The monoisotopic (exact) mass is 450 g/mol. The van der Waals surface area contributed by atoms with Crippen molar-refractivity contribution < 1.29 is 14.0 Å². The zero-order chi connectivity index (χ0) is 18.3. The molecule has 0 aromatic heterocycles. The molecule has 0 atom stereocenters. The maximum absolute atomic E-state index is 2.84. The van der Waals surface area contributed by atoms with Crippen molar-refractivity contribution in [2.75, 3.05) is 0 Å². The second-order valence-electron chi connectivity index (χ2n) is 9.53. The van der Waals surface area contributed by atoms with Crippen LogP contribution in [0.1, 0.15) is 67.2 Å². The quantitative estimate of drug-likeness (QED) is 0.368. The Morgan fingerprint density at radius 2 is 1.12 bits per heavy atom. The second-order valence-corrected chi connectivity index (χ2v) is 28.5. The fourth-order valence-corrected chi connectivity index (χ4v) is 14.3. The summed E-state index contributed by atoms with van der Waals surface area (Å²) in [6.45, 7) is 14.2. The fraction of sp³-hybridized carbons (Fsp3) is 0.636. The Kier molecular flexibility index (Phi) is 9.48. The predicted octanol–water partition coefficient (Wildman–Crippen LogP) is 7.46. The second kappa shape index (κ2) is 9.31. The van der Waals surface area contributed by atoms with Crippen LogP contribution < -0.4 is 0 Å². The summed E-state index contributed by atoms with van der Waals surface area (Å²) in [5, 5.41) is 5.40. The molecule has 0 unspecified atom stereocenters. The zero-order valence-corrected chi connectivity index (χ0v) is 22.8. The summed E-state index contributed by atoms with van der Waals surface area (Å²) in [7, 11) is 2.42. The van der Waals surface area contributed by atoms with Crippen molar-refractivity contribution in [1.82, 2.24) is 0 Å². The van der Waals surface area contributed by atoms with Crippen LogP contribution in [0.15, 0.2) is 42.2 Å². The molecule has 0 nitrogen and oxygen atoms in total. The zero-order valence-electron chi connectivity index (χ0n) is 18.2. The standard InChI is InChI=1S/2C10H15.2CH3.2ClH.H2Si.Ti/c2*1-4-9-5-6-10(7-9)8(2)3;;;;;;/h2*7-8H,4-5H2,1-3H3;2*1H3;2*1H;1H2;. The Hall–Kier alpha value is 0.471. The van der Waals surface area contributed by atoms with Gasteiger partial charge >= 0.3 is 153 Å². The first-order valence-electron chi connectivity index (χ1n) is 9.93. The van der Waals surface area contributed by atoms with Gasteiger partial charge in [0.05, 0.1) is 0 Å². The Morgan fingerprint density at radius 1 is 0.808 bits per heavy atom. The van der Waals surface area contributed by atoms with Crippen molar-refractivity contribution in [3.05, 3.63) is 42.2 Å². The Morgan fingerprint density at radius 3 is 1.35 bits per heavy atom. The summed E-state index contributed by atoms with van der Waals surface area (Å²) in [4.78, 5) is 0. The van der Waals surface area contributed by atoms with Crippen molar-refractivity contribution in [2.45, 2.75) is 77.7 Å². The summed E-state index contributed by atoms with van der Waals surface area (Å²) in [5.74, 6) is 1.31. The van der Waals surface area contributed by atoms with Gasteiger partial charge in [-0.3, -0.25) is 0 Å². The SMILES string of the molecule is CCC1=CC(C(C)C)=[C]([Ti]([CH3])([CH3])(=[SiH2])[C]2=C(C(C)C)C=C(CC)C2)C1.Cl.Cl. The summed E-state index contributed by atoms with van der Waals surface area (Å²) in [6.07, 6.45) is 10.0. The number of allylic oxidation sites excluding steroid dienone is 8. The van der Waals surface area contributed by atoms with Crippen molar-refractivity contribution in [3.63, 3.8) is 0 Å². The van der Waals surface area contributed by atoms with Gasteiger partial charge in [0.25, 0.3) is 0 Å². The molecule has 0 spiro atoms. The Bertz CT molecular complexity index is 671. The first-order chi connectivity index (χ1) is 11.0. The van der Waals surface area contributed by atoms with Crippen LogP contribution in [0, 0.1) is 11.8 Å². The molecule has 2 aliphatic carbocycles. The first-order valence-corrected chi connectivity index (χ1v) is 18.6. The van der Waals surface area contributed by atoms with Gasteiger partial charge < -0.3 is 0 Å². The maximum atomic E-state index is 2.70. The minimum absolute atomic E-state index is 0. The molecule has 150 valence electrons. The van der Waals surface area contributed by atoms with E-state index in [0.717, 1.165) is 0 Å². The van der Waals surface area contributed by atoms with E-state index in [0.29, 0.717) is 11.8 Å². The number of rotatable bonds is 6. The molecule has 4 heteroatoms. The van der Waals surface area contributed by atoms with Crippen LogP contribution in [0.5, 0.6) is 0 Å². The van der Waals surface area contributed by atoms with Gasteiger partial charge in [0.15, 0.2) is 0 Å². The van der Waals surface area contributed by atoms with Crippen LogP contribution in [-0.4, -0.2) is 7.63 Å². The molecule has 0 radical (unpaired) electrons. The largest absolute Gasteiger partial charge is 0.147 e. The number of halogens is 2. The minimum atomic E-state index is -2.84. The molecule has 0 heterocycles. The summed E-state index contributed by atoms with van der Waals surface area (Å²) in [6, 6.07) is 0. The van der Waals surface area contributed by atoms with E-state index in [2.05, 4.69) is 71.8 Å². The molecule has 0 amide bonds. The van der Waals surface area contributed by atoms with Gasteiger partial charge in [0, 0.05) is 0 Å². The van der Waals surface area contributed by atoms with Crippen molar-refractivity contribution >= 4 is 32.4 Å². The van der Waals surface area contributed by atoms with Gasteiger partial charge in [-0.05, 0) is 0 Å². The van der Waals surface area contributed by atoms with Crippen LogP contribution in [0.25, 0.3) is 0 Å². The van der Waals surface area contributed by atoms with Gasteiger partial charge in [0.1, 0.15) is 0 Å². The van der Waals surface area contributed by atoms with E-state index < -0.39 is 14.0 Å². The van der Waals surface area contributed by atoms with Crippen LogP contribution >= 0.6 is 24.8 Å². The third-order valence-electron chi connectivity index (χ3n) is 6.31. The summed E-state index contributed by atoms with van der Waals surface area (Å²) in [5.41, 5.74) is 6.69. The number of hydrogen-bond acceptors (Lipinski definition) is 0. The molecule has 0 aromatic rings. The van der Waals surface area contributed by atoms with E-state index in [1.807, 2.05) is 7.76 Å². The van der Waals surface area contributed by atoms with E-state index >= 15 is 0 Å². The normalized spacial score (nSPS) is 18.3. The summed E-state index contributed by atoms with van der Waals surface area (Å²) < 4.78 is 3.74. The van der Waals surface area contributed by atoms with Gasteiger partial charge in [-0.15, -0.1) is 24.8 Å². The third-order valence-corrected chi connectivity index (χ3v) is 17.3. The predicted molar refractivity (Wildman–Crippen MR) is 124 cm³/mol. The molecule has 0 N–H and O–H groups in total. The van der Waals surface area contributed by atoms with Gasteiger partial charge in [-0.25, -0.2) is 0 Å². The van der Waals surface area contributed by atoms with Gasteiger partial charge in [-0.1, -0.05) is 0 Å². The third kappa shape index (κ3) is 4.90. The molecule has 26 heavy (non-hydrogen) atoms. The first kappa shape index (κ1) is 26.5. The maximum Gasteiger partial charge on any atom is -0.147 e. The Balaban J connectivity index is 0.00000312. The van der Waals surface area contributed by atoms with Crippen LogP contribution in [0.3, 0.4) is 0 Å². The molecule has 0 fully saturated rings. The smallest absolute Gasteiger partial charge is 0.147 e. The van der Waals surface area contributed by atoms with Gasteiger partial charge in [0.2, 0.25) is 0 Å². The minimum Gasteiger partial charge on any atom is -0.147 e. The average molecular weight is 451 g/mol. The van der Waals surface area contributed by atoms with Crippen molar-refractivity contribution in [1.29, 1.82) is 0 Å². The topological polar surface area (TPSA) is 0 Å². The van der Waals surface area contributed by atoms with Crippen LogP contribution in [0.4, 0.5) is 0 Å². The van der Waals surface area contributed by atoms with E-state index in [9.17, 15) is 0 Å². The van der Waals surface area contributed by atoms with E-state index in [4.69, 9.17) is 0 Å². The van der Waals surface area contributed by atoms with Crippen LogP contribution in [-0.2, 0) is 14.0 Å². The molecular weight excluding hydrogens is 411 g/mol. The fourth-order valence-electron chi connectivity index (χ4n) is 4.53. The van der Waals surface area contributed by atoms with Crippen LogP contribution in [0.2, 0.25) is 10.5 Å². The molecule has 0 saturated carbocycles. The van der Waals surface area contributed by atoms with E-state index in [1.54, 1.807) is 22.3 Å². The molecule has 0 aliphatic heterocycles. The Labute approximate surface area is 177 Å². The molecule has 2 aliphatic rings. The molecule has 0 bridgehead atoms. The number of hydrogen-bond donors (Lipinski definition) is 0. The summed E-state index contributed by atoms with van der Waals surface area (Å²) >= 11 is -2.84. The average Bonchev–Trinajstić information content (AvgIpc) is 3.12. The van der Waals surface area contributed by atoms with Gasteiger partial charge in [-0.2, -0.15) is 0 Å². The van der Waals surface area contributed by atoms with Crippen molar-refractivity contribution in [3.8, 4) is 0 Å².